The van der Waals surface area contributed by atoms with Crippen LogP contribution in [0.2, 0.25) is 0 Å². The molecule has 124 valence electrons. The van der Waals surface area contributed by atoms with Gasteiger partial charge in [-0.1, -0.05) is 31.2 Å². The van der Waals surface area contributed by atoms with Crippen molar-refractivity contribution in [3.63, 3.8) is 0 Å². The Morgan fingerprint density at radius 1 is 1.13 bits per heavy atom. The Balaban J connectivity index is 1.62. The van der Waals surface area contributed by atoms with Gasteiger partial charge in [-0.05, 0) is 74.5 Å². The summed E-state index contributed by atoms with van der Waals surface area (Å²) in [4.78, 5) is 0. The van der Waals surface area contributed by atoms with Crippen molar-refractivity contribution >= 4 is 0 Å². The first-order valence-corrected chi connectivity index (χ1v) is 9.06. The molecule has 2 nitrogen and oxygen atoms in total. The van der Waals surface area contributed by atoms with Crippen molar-refractivity contribution in [3.05, 3.63) is 47.5 Å². The van der Waals surface area contributed by atoms with E-state index in [9.17, 15) is 0 Å². The second kappa shape index (κ2) is 10.2. The molecular formula is C21H29NO. The monoisotopic (exact) mass is 311 g/mol. The van der Waals surface area contributed by atoms with Crippen LogP contribution >= 0.6 is 0 Å². The van der Waals surface area contributed by atoms with E-state index in [1.54, 1.807) is 0 Å². The summed E-state index contributed by atoms with van der Waals surface area (Å²) in [7, 11) is 0. The zero-order valence-electron chi connectivity index (χ0n) is 14.3. The molecular weight excluding hydrogens is 282 g/mol. The Labute approximate surface area is 141 Å². The number of hydrogen-bond acceptors (Lipinski definition) is 2. The maximum atomic E-state index is 8.87. The van der Waals surface area contributed by atoms with E-state index in [-0.39, 0.29) is 0 Å². The van der Waals surface area contributed by atoms with E-state index in [0.29, 0.717) is 5.92 Å². The number of hydrogen-bond donors (Lipinski definition) is 0. The third kappa shape index (κ3) is 6.20. The molecule has 1 saturated carbocycles. The summed E-state index contributed by atoms with van der Waals surface area (Å²) in [6.07, 6.45) is 12.9. The Morgan fingerprint density at radius 2 is 1.87 bits per heavy atom. The first-order valence-electron chi connectivity index (χ1n) is 9.06. The number of unbranched alkanes of at least 4 members (excludes halogenated alkanes) is 1. The van der Waals surface area contributed by atoms with Crippen LogP contribution in [0.15, 0.2) is 36.4 Å². The molecule has 0 spiro atoms. The molecule has 1 aliphatic rings. The maximum absolute atomic E-state index is 8.87. The topological polar surface area (TPSA) is 33.0 Å². The molecule has 0 atom stereocenters. The Hall–Kier alpha value is -1.59. The van der Waals surface area contributed by atoms with Crippen LogP contribution < -0.4 is 0 Å². The van der Waals surface area contributed by atoms with Gasteiger partial charge in [0, 0.05) is 13.2 Å². The molecule has 2 heteroatoms. The zero-order valence-corrected chi connectivity index (χ0v) is 14.3. The van der Waals surface area contributed by atoms with Crippen LogP contribution in [0.1, 0.15) is 68.9 Å². The van der Waals surface area contributed by atoms with E-state index in [1.165, 1.54) is 31.2 Å². The van der Waals surface area contributed by atoms with Gasteiger partial charge in [0.25, 0.3) is 0 Å². The smallest absolute Gasteiger partial charge is 0.0991 e. The van der Waals surface area contributed by atoms with E-state index in [0.717, 1.165) is 44.0 Å². The fourth-order valence-electron chi connectivity index (χ4n) is 3.33. The molecule has 1 fully saturated rings. The van der Waals surface area contributed by atoms with Gasteiger partial charge in [0.05, 0.1) is 11.6 Å². The van der Waals surface area contributed by atoms with E-state index >= 15 is 0 Å². The standard InChI is InChI=1S/C21H29NO/c1-2-3-4-5-6-15-23-17-19-9-13-21(14-10-19)20-11-7-18(16-22)8-12-20/h3-4,7-8,11-12,19,21H,2,5-6,9-10,13-15,17H2,1H3/b4-3+. The molecule has 23 heavy (non-hydrogen) atoms. The Bertz CT molecular complexity index is 504. The van der Waals surface area contributed by atoms with Crippen molar-refractivity contribution in [3.8, 4) is 6.07 Å². The van der Waals surface area contributed by atoms with Crippen molar-refractivity contribution < 1.29 is 4.74 Å². The van der Waals surface area contributed by atoms with Crippen molar-refractivity contribution in [1.82, 2.24) is 0 Å². The van der Waals surface area contributed by atoms with E-state index < -0.39 is 0 Å². The van der Waals surface area contributed by atoms with Gasteiger partial charge >= 0.3 is 0 Å². The van der Waals surface area contributed by atoms with E-state index in [1.807, 2.05) is 12.1 Å². The van der Waals surface area contributed by atoms with Crippen molar-refractivity contribution in [1.29, 1.82) is 5.26 Å². The second-order valence-corrected chi connectivity index (χ2v) is 6.55. The van der Waals surface area contributed by atoms with Crippen LogP contribution in [0, 0.1) is 17.2 Å². The summed E-state index contributed by atoms with van der Waals surface area (Å²) in [6.45, 7) is 3.99. The molecule has 0 heterocycles. The third-order valence-corrected chi connectivity index (χ3v) is 4.77. The molecule has 0 aromatic heterocycles. The molecule has 0 unspecified atom stereocenters. The minimum absolute atomic E-state index is 0.665. The molecule has 1 aliphatic carbocycles. The van der Waals surface area contributed by atoms with Gasteiger partial charge in [-0.2, -0.15) is 5.26 Å². The first kappa shape index (κ1) is 17.8. The van der Waals surface area contributed by atoms with Crippen LogP contribution in [0.3, 0.4) is 0 Å². The minimum atomic E-state index is 0.665. The van der Waals surface area contributed by atoms with Crippen LogP contribution in [-0.4, -0.2) is 13.2 Å². The average Bonchev–Trinajstić information content (AvgIpc) is 2.61. The fraction of sp³-hybridized carbons (Fsp3) is 0.571. The van der Waals surface area contributed by atoms with Crippen molar-refractivity contribution in [2.24, 2.45) is 5.92 Å². The lowest BCUT2D eigenvalue weighted by atomic mass is 9.79. The maximum Gasteiger partial charge on any atom is 0.0991 e. The fourth-order valence-corrected chi connectivity index (χ4v) is 3.33. The molecule has 0 N–H and O–H groups in total. The molecule has 1 aromatic rings. The van der Waals surface area contributed by atoms with Crippen LogP contribution in [0.5, 0.6) is 0 Å². The van der Waals surface area contributed by atoms with Gasteiger partial charge in [0.2, 0.25) is 0 Å². The van der Waals surface area contributed by atoms with Gasteiger partial charge in [-0.3, -0.25) is 0 Å². The highest BCUT2D eigenvalue weighted by atomic mass is 16.5. The number of ether oxygens (including phenoxy) is 1. The number of benzene rings is 1. The minimum Gasteiger partial charge on any atom is -0.381 e. The number of allylic oxidation sites excluding steroid dienone is 2. The summed E-state index contributed by atoms with van der Waals surface area (Å²) in [5.41, 5.74) is 2.15. The van der Waals surface area contributed by atoms with Gasteiger partial charge < -0.3 is 4.74 Å². The van der Waals surface area contributed by atoms with Gasteiger partial charge in [0.1, 0.15) is 0 Å². The summed E-state index contributed by atoms with van der Waals surface area (Å²) < 4.78 is 5.85. The highest BCUT2D eigenvalue weighted by molar-refractivity contribution is 5.33. The second-order valence-electron chi connectivity index (χ2n) is 6.55. The SMILES string of the molecule is CC/C=C/CCCOCC1CCC(c2ccc(C#N)cc2)CC1. The lowest BCUT2D eigenvalue weighted by Crippen LogP contribution is -2.18. The largest absolute Gasteiger partial charge is 0.381 e. The average molecular weight is 311 g/mol. The highest BCUT2D eigenvalue weighted by Gasteiger charge is 2.22. The molecule has 0 saturated heterocycles. The molecule has 0 radical (unpaired) electrons. The molecule has 0 bridgehead atoms. The molecule has 0 amide bonds. The van der Waals surface area contributed by atoms with Gasteiger partial charge in [0.15, 0.2) is 0 Å². The lowest BCUT2D eigenvalue weighted by Gasteiger charge is -2.28. The quantitative estimate of drug-likeness (QED) is 0.463. The van der Waals surface area contributed by atoms with Crippen molar-refractivity contribution in [2.75, 3.05) is 13.2 Å². The third-order valence-electron chi connectivity index (χ3n) is 4.77. The molecule has 1 aromatic carbocycles. The molecule has 0 aliphatic heterocycles. The predicted octanol–water partition coefficient (Wildman–Crippen LogP) is 5.60. The van der Waals surface area contributed by atoms with Gasteiger partial charge in [-0.15, -0.1) is 0 Å². The van der Waals surface area contributed by atoms with E-state index in [2.05, 4.69) is 37.3 Å². The van der Waals surface area contributed by atoms with Gasteiger partial charge in [-0.25, -0.2) is 0 Å². The van der Waals surface area contributed by atoms with E-state index in [4.69, 9.17) is 10.00 Å². The summed E-state index contributed by atoms with van der Waals surface area (Å²) in [5, 5.41) is 8.87. The Kier molecular flexibility index (Phi) is 7.90. The first-order chi connectivity index (χ1) is 11.3. The van der Waals surface area contributed by atoms with Crippen LogP contribution in [-0.2, 0) is 4.74 Å². The zero-order chi connectivity index (χ0) is 16.3. The number of rotatable bonds is 8. The normalized spacial score (nSPS) is 21.4. The summed E-state index contributed by atoms with van der Waals surface area (Å²) in [6, 6.07) is 10.3. The molecule has 2 rings (SSSR count). The highest BCUT2D eigenvalue weighted by Crippen LogP contribution is 2.35. The number of nitriles is 1. The predicted molar refractivity (Wildman–Crippen MR) is 95.3 cm³/mol. The Morgan fingerprint density at radius 3 is 2.52 bits per heavy atom. The van der Waals surface area contributed by atoms with Crippen LogP contribution in [0.25, 0.3) is 0 Å². The van der Waals surface area contributed by atoms with Crippen LogP contribution in [0.4, 0.5) is 0 Å². The number of nitrogens with zero attached hydrogens (tertiary/aromatic N) is 1. The summed E-state index contributed by atoms with van der Waals surface area (Å²) >= 11 is 0. The van der Waals surface area contributed by atoms with Crippen molar-refractivity contribution in [2.45, 2.75) is 57.8 Å². The lowest BCUT2D eigenvalue weighted by molar-refractivity contribution is 0.0815. The summed E-state index contributed by atoms with van der Waals surface area (Å²) in [5.74, 6) is 1.40.